The molecule has 0 radical (unpaired) electrons. The number of ether oxygens (including phenoxy) is 2. The summed E-state index contributed by atoms with van der Waals surface area (Å²) in [4.78, 5) is 24.6. The maximum Gasteiger partial charge on any atom is 0.255 e. The largest absolute Gasteiger partial charge is 0.496 e. The molecule has 2 heterocycles. The third-order valence-electron chi connectivity index (χ3n) is 5.86. The van der Waals surface area contributed by atoms with Crippen LogP contribution in [0.3, 0.4) is 0 Å². The van der Waals surface area contributed by atoms with Gasteiger partial charge in [-0.1, -0.05) is 12.1 Å². The van der Waals surface area contributed by atoms with Crippen LogP contribution < -0.4 is 26.9 Å². The Balaban J connectivity index is 1.50. The summed E-state index contributed by atoms with van der Waals surface area (Å²) in [5.74, 6) is -2.15. The van der Waals surface area contributed by atoms with Gasteiger partial charge in [0.05, 0.1) is 36.9 Å². The molecule has 2 amide bonds. The zero-order chi connectivity index (χ0) is 24.4. The van der Waals surface area contributed by atoms with Crippen molar-refractivity contribution in [2.45, 2.75) is 25.0 Å². The number of nitrogens with zero attached hydrogens (tertiary/aromatic N) is 1. The highest BCUT2D eigenvalue weighted by Crippen LogP contribution is 2.34. The van der Waals surface area contributed by atoms with Gasteiger partial charge < -0.3 is 26.3 Å². The van der Waals surface area contributed by atoms with E-state index in [4.69, 9.17) is 20.9 Å². The van der Waals surface area contributed by atoms with E-state index in [1.807, 2.05) is 0 Å². The molecular weight excluding hydrogens is 448 g/mol. The lowest BCUT2D eigenvalue weighted by atomic mass is 9.98. The lowest BCUT2D eigenvalue weighted by Crippen LogP contribution is -2.44. The topological polar surface area (TPSA) is 132 Å². The molecule has 2 unspecified atom stereocenters. The van der Waals surface area contributed by atoms with Crippen LogP contribution in [0.1, 0.15) is 33.9 Å². The van der Waals surface area contributed by atoms with Crippen molar-refractivity contribution in [3.05, 3.63) is 76.1 Å². The summed E-state index contributed by atoms with van der Waals surface area (Å²) in [6.07, 6.45) is 0.698. The number of hydrazine groups is 1. The molecule has 6 N–H and O–H groups in total. The molecule has 4 rings (SSSR count). The van der Waals surface area contributed by atoms with Crippen molar-refractivity contribution in [2.75, 3.05) is 20.3 Å². The van der Waals surface area contributed by atoms with Gasteiger partial charge in [-0.3, -0.25) is 14.6 Å². The molecule has 11 heteroatoms. The summed E-state index contributed by atoms with van der Waals surface area (Å²) >= 11 is 0. The highest BCUT2D eigenvalue weighted by atomic mass is 19.1. The minimum absolute atomic E-state index is 0.0139. The molecule has 2 atom stereocenters. The van der Waals surface area contributed by atoms with Crippen LogP contribution in [0.2, 0.25) is 0 Å². The Hall–Kier alpha value is -3.70. The first-order chi connectivity index (χ1) is 16.3. The smallest absolute Gasteiger partial charge is 0.255 e. The Morgan fingerprint density at radius 1 is 1.26 bits per heavy atom. The van der Waals surface area contributed by atoms with Crippen molar-refractivity contribution in [3.63, 3.8) is 0 Å². The van der Waals surface area contributed by atoms with E-state index in [0.717, 1.165) is 6.07 Å². The summed E-state index contributed by atoms with van der Waals surface area (Å²) in [6, 6.07) is 6.99. The molecule has 0 bridgehead atoms. The lowest BCUT2D eigenvalue weighted by molar-refractivity contribution is -0.114. The van der Waals surface area contributed by atoms with Crippen LogP contribution in [0.5, 0.6) is 5.75 Å². The molecule has 1 saturated heterocycles. The Morgan fingerprint density at radius 3 is 2.71 bits per heavy atom. The van der Waals surface area contributed by atoms with Gasteiger partial charge in [0.25, 0.3) is 5.91 Å². The van der Waals surface area contributed by atoms with Crippen molar-refractivity contribution in [3.8, 4) is 5.75 Å². The number of carbonyl (C=O) groups excluding carboxylic acids is 2. The van der Waals surface area contributed by atoms with E-state index < -0.39 is 29.5 Å². The molecule has 0 spiro atoms. The first kappa shape index (κ1) is 23.5. The zero-order valence-corrected chi connectivity index (χ0v) is 18.4. The van der Waals surface area contributed by atoms with Crippen LogP contribution in [0, 0.1) is 11.6 Å². The van der Waals surface area contributed by atoms with Gasteiger partial charge in [-0.2, -0.15) is 0 Å². The summed E-state index contributed by atoms with van der Waals surface area (Å²) < 4.78 is 39.1. The fraction of sp³-hybridized carbons (Fsp3) is 0.304. The molecule has 2 aliphatic heterocycles. The molecule has 0 aromatic heterocycles. The number of amides is 2. The quantitative estimate of drug-likeness (QED) is 0.475. The Labute approximate surface area is 194 Å². The zero-order valence-electron chi connectivity index (χ0n) is 18.4. The van der Waals surface area contributed by atoms with E-state index in [0.29, 0.717) is 25.2 Å². The SMILES string of the molecule is COc1ccc(F)cc1C(=O)NCc1ccc(C2NN(C3CCOC3)C(N)=C2C(N)=O)c(F)c1. The van der Waals surface area contributed by atoms with E-state index >= 15 is 4.39 Å². The molecule has 2 aromatic rings. The third kappa shape index (κ3) is 4.52. The number of carbonyl (C=O) groups is 2. The maximum atomic E-state index is 15.1. The predicted octanol–water partition coefficient (Wildman–Crippen LogP) is 1.21. The van der Waals surface area contributed by atoms with E-state index in [2.05, 4.69) is 10.7 Å². The predicted molar refractivity (Wildman–Crippen MR) is 118 cm³/mol. The van der Waals surface area contributed by atoms with Crippen LogP contribution >= 0.6 is 0 Å². The van der Waals surface area contributed by atoms with E-state index in [1.165, 1.54) is 31.4 Å². The number of nitrogens with two attached hydrogens (primary N) is 2. The molecule has 0 aliphatic carbocycles. The van der Waals surface area contributed by atoms with Crippen LogP contribution in [0.25, 0.3) is 0 Å². The van der Waals surface area contributed by atoms with Gasteiger partial charge in [0.2, 0.25) is 5.91 Å². The molecule has 0 saturated carbocycles. The number of rotatable bonds is 7. The van der Waals surface area contributed by atoms with Gasteiger partial charge in [-0.05, 0) is 36.2 Å². The highest BCUT2D eigenvalue weighted by Gasteiger charge is 2.39. The summed E-state index contributed by atoms with van der Waals surface area (Å²) in [6.45, 7) is 0.965. The van der Waals surface area contributed by atoms with Gasteiger partial charge >= 0.3 is 0 Å². The van der Waals surface area contributed by atoms with Crippen molar-refractivity contribution < 1.29 is 27.8 Å². The molecule has 9 nitrogen and oxygen atoms in total. The minimum Gasteiger partial charge on any atom is -0.496 e. The molecule has 180 valence electrons. The summed E-state index contributed by atoms with van der Waals surface area (Å²) in [5.41, 5.74) is 15.5. The Bertz CT molecular complexity index is 1150. The molecular formula is C23H25F2N5O4. The number of benzene rings is 2. The number of hydrogen-bond acceptors (Lipinski definition) is 7. The average molecular weight is 473 g/mol. The number of hydrogen-bond donors (Lipinski definition) is 4. The van der Waals surface area contributed by atoms with Crippen molar-refractivity contribution >= 4 is 11.8 Å². The van der Waals surface area contributed by atoms with Crippen molar-refractivity contribution in [1.29, 1.82) is 0 Å². The number of nitrogens with one attached hydrogen (secondary N) is 2. The second kappa shape index (κ2) is 9.65. The second-order valence-corrected chi connectivity index (χ2v) is 8.00. The monoisotopic (exact) mass is 473 g/mol. The minimum atomic E-state index is -0.863. The number of methoxy groups -OCH3 is 1. The fourth-order valence-electron chi connectivity index (χ4n) is 4.12. The average Bonchev–Trinajstić information content (AvgIpc) is 3.45. The normalized spacial score (nSPS) is 20.0. The van der Waals surface area contributed by atoms with Crippen LogP contribution in [-0.4, -0.2) is 43.2 Å². The molecule has 34 heavy (non-hydrogen) atoms. The first-order valence-corrected chi connectivity index (χ1v) is 10.6. The second-order valence-electron chi connectivity index (χ2n) is 8.00. The van der Waals surface area contributed by atoms with E-state index in [-0.39, 0.29) is 40.9 Å². The number of halogens is 2. The van der Waals surface area contributed by atoms with Gasteiger partial charge in [0, 0.05) is 18.7 Å². The van der Waals surface area contributed by atoms with Crippen molar-refractivity contribution in [2.24, 2.45) is 11.5 Å². The standard InChI is InChI=1S/C23H25F2N5O4/c1-33-18-5-3-13(24)9-16(18)23(32)28-10-12-2-4-15(17(25)8-12)20-19(22(27)31)21(26)30(29-20)14-6-7-34-11-14/h2-5,8-9,14,20,29H,6-7,10-11,26H2,1H3,(H2,27,31)(H,28,32). The first-order valence-electron chi connectivity index (χ1n) is 10.6. The van der Waals surface area contributed by atoms with Gasteiger partial charge in [0.1, 0.15) is 23.2 Å². The summed E-state index contributed by atoms with van der Waals surface area (Å²) in [7, 11) is 1.37. The van der Waals surface area contributed by atoms with E-state index in [9.17, 15) is 14.0 Å². The fourth-order valence-corrected chi connectivity index (χ4v) is 4.12. The Kier molecular flexibility index (Phi) is 6.66. The maximum absolute atomic E-state index is 15.1. The van der Waals surface area contributed by atoms with E-state index in [1.54, 1.807) is 11.1 Å². The van der Waals surface area contributed by atoms with Gasteiger partial charge in [-0.25, -0.2) is 14.2 Å². The van der Waals surface area contributed by atoms with Gasteiger partial charge in [-0.15, -0.1) is 0 Å². The van der Waals surface area contributed by atoms with Gasteiger partial charge in [0.15, 0.2) is 0 Å². The molecule has 2 aliphatic rings. The molecule has 2 aromatic carbocycles. The third-order valence-corrected chi connectivity index (χ3v) is 5.86. The highest BCUT2D eigenvalue weighted by molar-refractivity contribution is 5.97. The van der Waals surface area contributed by atoms with Crippen LogP contribution in [0.4, 0.5) is 8.78 Å². The number of primary amides is 1. The van der Waals surface area contributed by atoms with Crippen LogP contribution in [0.15, 0.2) is 47.8 Å². The lowest BCUT2D eigenvalue weighted by Gasteiger charge is -2.27. The summed E-state index contributed by atoms with van der Waals surface area (Å²) in [5, 5.41) is 4.23. The van der Waals surface area contributed by atoms with Crippen molar-refractivity contribution in [1.82, 2.24) is 15.8 Å². The Morgan fingerprint density at radius 2 is 2.06 bits per heavy atom. The van der Waals surface area contributed by atoms with Crippen LogP contribution in [-0.2, 0) is 16.1 Å². The molecule has 1 fully saturated rings.